The summed E-state index contributed by atoms with van der Waals surface area (Å²) in [4.78, 5) is 4.67. The van der Waals surface area contributed by atoms with Gasteiger partial charge in [-0.3, -0.25) is 0 Å². The molecule has 2 aromatic carbocycles. The molecule has 3 aromatic rings. The molecule has 1 aromatic heterocycles. The summed E-state index contributed by atoms with van der Waals surface area (Å²) in [5.74, 6) is 2.42. The molecule has 0 spiro atoms. The molecule has 0 fully saturated rings. The normalized spacial score (nSPS) is 10.6. The first-order valence-electron chi connectivity index (χ1n) is 8.02. The number of nitrogens with zero attached hydrogens (tertiary/aromatic N) is 1. The molecule has 1 N–H and O–H groups in total. The molecule has 0 amide bonds. The number of aryl methyl sites for hydroxylation is 1. The molecule has 0 radical (unpaired) electrons. The standard InChI is InChI=1S/C20H22N2O2/c1-14-12-20(22-17-7-5-4-6-16(14)17)21-11-10-15-8-9-18(23-2)19(13-15)24-3/h4-9,12-13H,10-11H2,1-3H3,(H,21,22). The molecule has 4 nitrogen and oxygen atoms in total. The topological polar surface area (TPSA) is 43.4 Å². The van der Waals surface area contributed by atoms with E-state index in [1.165, 1.54) is 16.5 Å². The molecule has 0 aliphatic carbocycles. The zero-order valence-corrected chi connectivity index (χ0v) is 14.3. The molecule has 0 bridgehead atoms. The van der Waals surface area contributed by atoms with E-state index in [1.807, 2.05) is 30.3 Å². The lowest BCUT2D eigenvalue weighted by Crippen LogP contribution is -2.07. The second-order valence-corrected chi connectivity index (χ2v) is 5.71. The van der Waals surface area contributed by atoms with Gasteiger partial charge in [-0.15, -0.1) is 0 Å². The van der Waals surface area contributed by atoms with Gasteiger partial charge in [-0.1, -0.05) is 24.3 Å². The zero-order chi connectivity index (χ0) is 16.9. The summed E-state index contributed by atoms with van der Waals surface area (Å²) in [6.07, 6.45) is 0.883. The van der Waals surface area contributed by atoms with Crippen LogP contribution in [0, 0.1) is 6.92 Å². The number of pyridine rings is 1. The highest BCUT2D eigenvalue weighted by atomic mass is 16.5. The van der Waals surface area contributed by atoms with Gasteiger partial charge in [0.1, 0.15) is 5.82 Å². The fourth-order valence-electron chi connectivity index (χ4n) is 2.81. The minimum Gasteiger partial charge on any atom is -0.493 e. The van der Waals surface area contributed by atoms with E-state index in [0.29, 0.717) is 0 Å². The lowest BCUT2D eigenvalue weighted by atomic mass is 10.1. The van der Waals surface area contributed by atoms with Crippen LogP contribution in [0.3, 0.4) is 0 Å². The predicted octanol–water partition coefficient (Wildman–Crippen LogP) is 4.22. The Balaban J connectivity index is 1.68. The van der Waals surface area contributed by atoms with Gasteiger partial charge in [-0.05, 0) is 48.7 Å². The van der Waals surface area contributed by atoms with Crippen LogP contribution in [-0.4, -0.2) is 25.7 Å². The third kappa shape index (κ3) is 3.43. The Hall–Kier alpha value is -2.75. The maximum absolute atomic E-state index is 5.35. The fraction of sp³-hybridized carbons (Fsp3) is 0.250. The first-order valence-corrected chi connectivity index (χ1v) is 8.02. The second-order valence-electron chi connectivity index (χ2n) is 5.71. The first kappa shape index (κ1) is 16.1. The Morgan fingerprint density at radius 3 is 2.54 bits per heavy atom. The smallest absolute Gasteiger partial charge is 0.160 e. The average molecular weight is 322 g/mol. The van der Waals surface area contributed by atoms with Gasteiger partial charge in [0.05, 0.1) is 19.7 Å². The molecule has 0 aliphatic heterocycles. The number of nitrogens with one attached hydrogen (secondary N) is 1. The highest BCUT2D eigenvalue weighted by Gasteiger charge is 2.05. The van der Waals surface area contributed by atoms with E-state index in [9.17, 15) is 0 Å². The maximum atomic E-state index is 5.35. The predicted molar refractivity (Wildman–Crippen MR) is 98.2 cm³/mol. The Bertz CT molecular complexity index is 846. The molecule has 1 heterocycles. The SMILES string of the molecule is COc1ccc(CCNc2cc(C)c3ccccc3n2)cc1OC. The number of rotatable bonds is 6. The Kier molecular flexibility index (Phi) is 4.85. The Morgan fingerprint density at radius 1 is 0.958 bits per heavy atom. The van der Waals surface area contributed by atoms with Crippen molar-refractivity contribution in [2.45, 2.75) is 13.3 Å². The molecule has 24 heavy (non-hydrogen) atoms. The summed E-state index contributed by atoms with van der Waals surface area (Å²) in [6, 6.07) is 16.3. The van der Waals surface area contributed by atoms with Crippen molar-refractivity contribution >= 4 is 16.7 Å². The number of aromatic nitrogens is 1. The Labute approximate surface area is 142 Å². The van der Waals surface area contributed by atoms with Crippen molar-refractivity contribution in [3.05, 3.63) is 59.7 Å². The van der Waals surface area contributed by atoms with Gasteiger partial charge in [0.2, 0.25) is 0 Å². The van der Waals surface area contributed by atoms with E-state index < -0.39 is 0 Å². The fourth-order valence-corrected chi connectivity index (χ4v) is 2.81. The van der Waals surface area contributed by atoms with Crippen LogP contribution in [0.2, 0.25) is 0 Å². The van der Waals surface area contributed by atoms with Crippen molar-refractivity contribution in [2.75, 3.05) is 26.1 Å². The summed E-state index contributed by atoms with van der Waals surface area (Å²) >= 11 is 0. The minimum absolute atomic E-state index is 0.751. The van der Waals surface area contributed by atoms with E-state index in [0.717, 1.165) is 35.8 Å². The van der Waals surface area contributed by atoms with Crippen LogP contribution in [0.25, 0.3) is 10.9 Å². The molecule has 0 aliphatic rings. The van der Waals surface area contributed by atoms with E-state index in [1.54, 1.807) is 14.2 Å². The monoisotopic (exact) mass is 322 g/mol. The molecule has 4 heteroatoms. The molecule has 3 rings (SSSR count). The quantitative estimate of drug-likeness (QED) is 0.738. The number of hydrogen-bond donors (Lipinski definition) is 1. The number of methoxy groups -OCH3 is 2. The van der Waals surface area contributed by atoms with E-state index in [-0.39, 0.29) is 0 Å². The first-order chi connectivity index (χ1) is 11.7. The number of hydrogen-bond acceptors (Lipinski definition) is 4. The molecular formula is C20H22N2O2. The van der Waals surface area contributed by atoms with Gasteiger partial charge in [0.25, 0.3) is 0 Å². The van der Waals surface area contributed by atoms with Crippen molar-refractivity contribution in [3.8, 4) is 11.5 Å². The van der Waals surface area contributed by atoms with Gasteiger partial charge in [0.15, 0.2) is 11.5 Å². The summed E-state index contributed by atoms with van der Waals surface area (Å²) in [5.41, 5.74) is 3.44. The second kappa shape index (κ2) is 7.21. The molecule has 0 saturated heterocycles. The largest absolute Gasteiger partial charge is 0.493 e. The van der Waals surface area contributed by atoms with Crippen LogP contribution >= 0.6 is 0 Å². The van der Waals surface area contributed by atoms with Crippen LogP contribution in [0.15, 0.2) is 48.5 Å². The van der Waals surface area contributed by atoms with Crippen molar-refractivity contribution in [2.24, 2.45) is 0 Å². The van der Waals surface area contributed by atoms with Crippen LogP contribution in [0.4, 0.5) is 5.82 Å². The molecule has 0 saturated carbocycles. The number of anilines is 1. The van der Waals surface area contributed by atoms with Gasteiger partial charge < -0.3 is 14.8 Å². The maximum Gasteiger partial charge on any atom is 0.160 e. The molecule has 0 unspecified atom stereocenters. The van der Waals surface area contributed by atoms with E-state index in [2.05, 4.69) is 35.4 Å². The van der Waals surface area contributed by atoms with Crippen molar-refractivity contribution in [1.82, 2.24) is 4.98 Å². The van der Waals surface area contributed by atoms with Crippen molar-refractivity contribution < 1.29 is 9.47 Å². The summed E-state index contributed by atoms with van der Waals surface area (Å²) in [6.45, 7) is 2.92. The van der Waals surface area contributed by atoms with E-state index >= 15 is 0 Å². The molecular weight excluding hydrogens is 300 g/mol. The lowest BCUT2D eigenvalue weighted by molar-refractivity contribution is 0.354. The average Bonchev–Trinajstić information content (AvgIpc) is 2.61. The number of fused-ring (bicyclic) bond motifs is 1. The van der Waals surface area contributed by atoms with E-state index in [4.69, 9.17) is 9.47 Å². The van der Waals surface area contributed by atoms with Crippen LogP contribution in [-0.2, 0) is 6.42 Å². The number of para-hydroxylation sites is 1. The van der Waals surface area contributed by atoms with Crippen LogP contribution < -0.4 is 14.8 Å². The lowest BCUT2D eigenvalue weighted by Gasteiger charge is -2.11. The Morgan fingerprint density at radius 2 is 1.75 bits per heavy atom. The van der Waals surface area contributed by atoms with Gasteiger partial charge in [0, 0.05) is 11.9 Å². The van der Waals surface area contributed by atoms with Gasteiger partial charge in [-0.2, -0.15) is 0 Å². The molecule has 0 atom stereocenters. The van der Waals surface area contributed by atoms with Crippen molar-refractivity contribution in [3.63, 3.8) is 0 Å². The van der Waals surface area contributed by atoms with Crippen LogP contribution in [0.5, 0.6) is 11.5 Å². The summed E-state index contributed by atoms with van der Waals surface area (Å²) in [7, 11) is 3.30. The summed E-state index contributed by atoms with van der Waals surface area (Å²) in [5, 5.41) is 4.61. The van der Waals surface area contributed by atoms with Crippen LogP contribution in [0.1, 0.15) is 11.1 Å². The zero-order valence-electron chi connectivity index (χ0n) is 14.3. The van der Waals surface area contributed by atoms with Gasteiger partial charge >= 0.3 is 0 Å². The minimum atomic E-state index is 0.751. The third-order valence-corrected chi connectivity index (χ3v) is 4.09. The number of ether oxygens (including phenoxy) is 2. The van der Waals surface area contributed by atoms with Crippen molar-refractivity contribution in [1.29, 1.82) is 0 Å². The summed E-state index contributed by atoms with van der Waals surface area (Å²) < 4.78 is 10.6. The number of benzene rings is 2. The highest BCUT2D eigenvalue weighted by molar-refractivity contribution is 5.83. The molecule has 124 valence electrons. The third-order valence-electron chi connectivity index (χ3n) is 4.09. The van der Waals surface area contributed by atoms with Gasteiger partial charge in [-0.25, -0.2) is 4.98 Å². The highest BCUT2D eigenvalue weighted by Crippen LogP contribution is 2.27.